The Hall–Kier alpha value is -1.14. The molecular formula is C14H24N4OS. The summed E-state index contributed by atoms with van der Waals surface area (Å²) in [6.07, 6.45) is 2.85. The van der Waals surface area contributed by atoms with Crippen LogP contribution in [-0.4, -0.2) is 31.5 Å². The Bertz CT molecular complexity index is 547. The van der Waals surface area contributed by atoms with Crippen molar-refractivity contribution in [2.45, 2.75) is 58.6 Å². The van der Waals surface area contributed by atoms with Crippen LogP contribution in [0.15, 0.2) is 0 Å². The molecule has 20 heavy (non-hydrogen) atoms. The largest absolute Gasteiger partial charge is 0.390 e. The van der Waals surface area contributed by atoms with Crippen molar-refractivity contribution >= 4 is 26.8 Å². The summed E-state index contributed by atoms with van der Waals surface area (Å²) in [5.74, 6) is 0. The van der Waals surface area contributed by atoms with Gasteiger partial charge in [-0.15, -0.1) is 0 Å². The molecule has 0 fully saturated rings. The summed E-state index contributed by atoms with van der Waals surface area (Å²) in [4.78, 5) is 4.59. The lowest BCUT2D eigenvalue weighted by atomic mass is 10.00. The number of thiazole rings is 1. The molecule has 1 unspecified atom stereocenters. The van der Waals surface area contributed by atoms with Gasteiger partial charge >= 0.3 is 0 Å². The second-order valence-corrected chi connectivity index (χ2v) is 7.13. The highest BCUT2D eigenvalue weighted by molar-refractivity contribution is 7.22. The van der Waals surface area contributed by atoms with Gasteiger partial charge in [0.2, 0.25) is 0 Å². The number of anilines is 1. The first-order valence-electron chi connectivity index (χ1n) is 7.05. The zero-order valence-electron chi connectivity index (χ0n) is 12.9. The molecule has 2 N–H and O–H groups in total. The topological polar surface area (TPSA) is 63.0 Å². The van der Waals surface area contributed by atoms with Crippen LogP contribution in [0.3, 0.4) is 0 Å². The molecule has 0 aliphatic heterocycles. The van der Waals surface area contributed by atoms with E-state index in [0.717, 1.165) is 40.4 Å². The molecule has 2 aromatic heterocycles. The number of hydrogen-bond donors (Lipinski definition) is 2. The Labute approximate surface area is 124 Å². The average molecular weight is 296 g/mol. The molecule has 2 rings (SSSR count). The van der Waals surface area contributed by atoms with Gasteiger partial charge in [0, 0.05) is 13.1 Å². The maximum Gasteiger partial charge on any atom is 0.185 e. The van der Waals surface area contributed by atoms with Gasteiger partial charge in [0.05, 0.1) is 16.0 Å². The number of nitrogens with zero attached hydrogens (tertiary/aromatic N) is 3. The normalized spacial score (nSPS) is 13.9. The number of aliphatic hydroxyl groups is 1. The molecule has 0 saturated carbocycles. The molecule has 0 radical (unpaired) electrons. The van der Waals surface area contributed by atoms with Crippen molar-refractivity contribution < 1.29 is 5.11 Å². The molecule has 0 spiro atoms. The third-order valence-corrected chi connectivity index (χ3v) is 4.42. The molecule has 2 heterocycles. The number of nitrogens with one attached hydrogen (secondary N) is 1. The molecule has 0 amide bonds. The molecular weight excluding hydrogens is 272 g/mol. The van der Waals surface area contributed by atoms with Crippen LogP contribution in [0.2, 0.25) is 0 Å². The molecule has 6 heteroatoms. The predicted octanol–water partition coefficient (Wildman–Crippen LogP) is 3.08. The number of fused-ring (bicyclic) bond motifs is 1. The van der Waals surface area contributed by atoms with E-state index >= 15 is 0 Å². The fourth-order valence-electron chi connectivity index (χ4n) is 2.27. The minimum atomic E-state index is -0.571. The molecule has 2 aromatic rings. The number of hydrogen-bond acceptors (Lipinski definition) is 5. The molecule has 0 saturated heterocycles. The van der Waals surface area contributed by atoms with Crippen LogP contribution in [0.25, 0.3) is 10.3 Å². The Balaban J connectivity index is 1.93. The van der Waals surface area contributed by atoms with E-state index in [2.05, 4.69) is 22.3 Å². The number of aromatic nitrogens is 3. The Kier molecular flexibility index (Phi) is 4.34. The third kappa shape index (κ3) is 3.70. The lowest BCUT2D eigenvalue weighted by molar-refractivity contribution is 0.0680. The maximum atomic E-state index is 9.71. The first-order valence-corrected chi connectivity index (χ1v) is 7.87. The molecule has 5 nitrogen and oxygen atoms in total. The van der Waals surface area contributed by atoms with Gasteiger partial charge in [-0.3, -0.25) is 0 Å². The van der Waals surface area contributed by atoms with Gasteiger partial charge in [-0.1, -0.05) is 11.3 Å². The van der Waals surface area contributed by atoms with Crippen molar-refractivity contribution in [3.8, 4) is 0 Å². The SMILES string of the molecule is Cc1nn(C)c2nc(NC(C)CCCC(C)(C)O)sc12. The Morgan fingerprint density at radius 3 is 2.75 bits per heavy atom. The summed E-state index contributed by atoms with van der Waals surface area (Å²) in [6.45, 7) is 7.88. The standard InChI is InChI=1S/C14H24N4OS/c1-9(7-6-8-14(3,4)19)15-13-16-12-11(20-13)10(2)17-18(12)5/h9,19H,6-8H2,1-5H3,(H,15,16). The van der Waals surface area contributed by atoms with E-state index in [1.165, 1.54) is 0 Å². The smallest absolute Gasteiger partial charge is 0.185 e. The highest BCUT2D eigenvalue weighted by Gasteiger charge is 2.15. The second kappa shape index (κ2) is 5.69. The van der Waals surface area contributed by atoms with Gasteiger partial charge in [0.15, 0.2) is 10.8 Å². The minimum absolute atomic E-state index is 0.353. The number of aryl methyl sites for hydroxylation is 2. The van der Waals surface area contributed by atoms with Crippen LogP contribution < -0.4 is 5.32 Å². The van der Waals surface area contributed by atoms with Crippen molar-refractivity contribution in [3.63, 3.8) is 0 Å². The lowest BCUT2D eigenvalue weighted by Crippen LogP contribution is -2.20. The third-order valence-electron chi connectivity index (χ3n) is 3.34. The lowest BCUT2D eigenvalue weighted by Gasteiger charge is -2.18. The number of rotatable bonds is 6. The summed E-state index contributed by atoms with van der Waals surface area (Å²) in [5, 5.41) is 18.5. The van der Waals surface area contributed by atoms with Gasteiger partial charge < -0.3 is 10.4 Å². The van der Waals surface area contributed by atoms with E-state index < -0.39 is 5.60 Å². The van der Waals surface area contributed by atoms with Crippen molar-refractivity contribution in [3.05, 3.63) is 5.69 Å². The molecule has 0 aliphatic rings. The van der Waals surface area contributed by atoms with E-state index in [-0.39, 0.29) is 0 Å². The molecule has 1 atom stereocenters. The molecule has 0 aliphatic carbocycles. The monoisotopic (exact) mass is 296 g/mol. The summed E-state index contributed by atoms with van der Waals surface area (Å²) in [7, 11) is 1.92. The highest BCUT2D eigenvalue weighted by Crippen LogP contribution is 2.28. The first kappa shape index (κ1) is 15.3. The molecule has 112 valence electrons. The fraction of sp³-hybridized carbons (Fsp3) is 0.714. The van der Waals surface area contributed by atoms with Crippen LogP contribution in [0.4, 0.5) is 5.13 Å². The van der Waals surface area contributed by atoms with Gasteiger partial charge in [-0.2, -0.15) is 5.10 Å². The fourth-order valence-corrected chi connectivity index (χ4v) is 3.31. The maximum absolute atomic E-state index is 9.71. The van der Waals surface area contributed by atoms with Crippen molar-refractivity contribution in [2.75, 3.05) is 5.32 Å². The van der Waals surface area contributed by atoms with Gasteiger partial charge in [0.1, 0.15) is 0 Å². The van der Waals surface area contributed by atoms with Gasteiger partial charge in [-0.05, 0) is 47.0 Å². The second-order valence-electron chi connectivity index (χ2n) is 6.13. The van der Waals surface area contributed by atoms with E-state index in [4.69, 9.17) is 0 Å². The van der Waals surface area contributed by atoms with E-state index in [0.29, 0.717) is 6.04 Å². The van der Waals surface area contributed by atoms with Crippen LogP contribution >= 0.6 is 11.3 Å². The summed E-state index contributed by atoms with van der Waals surface area (Å²) >= 11 is 1.66. The Morgan fingerprint density at radius 2 is 2.15 bits per heavy atom. The zero-order valence-corrected chi connectivity index (χ0v) is 13.7. The quantitative estimate of drug-likeness (QED) is 0.860. The summed E-state index contributed by atoms with van der Waals surface area (Å²) in [6, 6.07) is 0.353. The van der Waals surface area contributed by atoms with E-state index in [1.54, 1.807) is 11.3 Å². The summed E-state index contributed by atoms with van der Waals surface area (Å²) in [5.41, 5.74) is 1.40. The van der Waals surface area contributed by atoms with Crippen molar-refractivity contribution in [1.82, 2.24) is 14.8 Å². The Morgan fingerprint density at radius 1 is 1.45 bits per heavy atom. The van der Waals surface area contributed by atoms with Crippen molar-refractivity contribution in [2.24, 2.45) is 7.05 Å². The predicted molar refractivity (Wildman–Crippen MR) is 84.4 cm³/mol. The van der Waals surface area contributed by atoms with Crippen LogP contribution in [0.5, 0.6) is 0 Å². The van der Waals surface area contributed by atoms with E-state index in [1.807, 2.05) is 32.5 Å². The summed E-state index contributed by atoms with van der Waals surface area (Å²) < 4.78 is 2.98. The van der Waals surface area contributed by atoms with Gasteiger partial charge in [0.25, 0.3) is 0 Å². The van der Waals surface area contributed by atoms with Crippen LogP contribution in [0, 0.1) is 6.92 Å². The molecule has 0 aromatic carbocycles. The average Bonchev–Trinajstić information content (AvgIpc) is 2.80. The van der Waals surface area contributed by atoms with Crippen molar-refractivity contribution in [1.29, 1.82) is 0 Å². The molecule has 0 bridgehead atoms. The van der Waals surface area contributed by atoms with E-state index in [9.17, 15) is 5.11 Å². The van der Waals surface area contributed by atoms with Crippen LogP contribution in [-0.2, 0) is 7.05 Å². The van der Waals surface area contributed by atoms with Crippen LogP contribution in [0.1, 0.15) is 45.7 Å². The first-order chi connectivity index (χ1) is 9.26. The van der Waals surface area contributed by atoms with Gasteiger partial charge in [-0.25, -0.2) is 9.67 Å². The highest BCUT2D eigenvalue weighted by atomic mass is 32.1. The minimum Gasteiger partial charge on any atom is -0.390 e. The zero-order chi connectivity index (χ0) is 14.9.